The number of hydrogen-bond acceptors (Lipinski definition) is 7. The van der Waals surface area contributed by atoms with Crippen LogP contribution < -0.4 is 10.2 Å². The first kappa shape index (κ1) is 26.5. The maximum absolute atomic E-state index is 14.0. The quantitative estimate of drug-likeness (QED) is 0.338. The smallest absolute Gasteiger partial charge is 0.337 e. The van der Waals surface area contributed by atoms with Gasteiger partial charge in [-0.1, -0.05) is 30.3 Å². The molecule has 38 heavy (non-hydrogen) atoms. The molecule has 1 atom stereocenters. The van der Waals surface area contributed by atoms with E-state index in [0.29, 0.717) is 34.3 Å². The minimum atomic E-state index is -1.04. The van der Waals surface area contributed by atoms with Crippen molar-refractivity contribution < 1.29 is 19.1 Å². The van der Waals surface area contributed by atoms with Crippen molar-refractivity contribution in [3.63, 3.8) is 0 Å². The highest BCUT2D eigenvalue weighted by Gasteiger charge is 2.35. The first-order valence-corrected chi connectivity index (χ1v) is 12.2. The van der Waals surface area contributed by atoms with Gasteiger partial charge in [0.1, 0.15) is 18.1 Å². The lowest BCUT2D eigenvalue weighted by atomic mass is 9.99. The Morgan fingerprint density at radius 2 is 1.79 bits per heavy atom. The summed E-state index contributed by atoms with van der Waals surface area (Å²) in [4.78, 5) is 45.5. The number of para-hydroxylation sites is 1. The summed E-state index contributed by atoms with van der Waals surface area (Å²) in [5.74, 6) is -1.27. The van der Waals surface area contributed by atoms with Crippen LogP contribution in [0.2, 0.25) is 0 Å². The molecule has 0 aliphatic heterocycles. The van der Waals surface area contributed by atoms with Crippen molar-refractivity contribution in [2.24, 2.45) is 0 Å². The Morgan fingerprint density at radius 1 is 1.05 bits per heavy atom. The molecule has 2 amide bonds. The number of carbonyl (C=O) groups excluding carboxylic acids is 3. The molecule has 0 spiro atoms. The molecule has 2 heterocycles. The van der Waals surface area contributed by atoms with Gasteiger partial charge in [-0.05, 0) is 62.7 Å². The lowest BCUT2D eigenvalue weighted by Crippen LogP contribution is -2.51. The van der Waals surface area contributed by atoms with Gasteiger partial charge in [-0.3, -0.25) is 19.5 Å². The largest absolute Gasteiger partial charge is 0.465 e. The molecule has 10 heteroatoms. The summed E-state index contributed by atoms with van der Waals surface area (Å²) < 4.78 is 6.31. The first-order valence-electron chi connectivity index (χ1n) is 12.2. The van der Waals surface area contributed by atoms with Crippen LogP contribution in [0.4, 0.5) is 5.69 Å². The molecule has 0 saturated heterocycles. The Morgan fingerprint density at radius 3 is 2.45 bits per heavy atom. The zero-order valence-electron chi connectivity index (χ0n) is 21.8. The van der Waals surface area contributed by atoms with Crippen LogP contribution in [0.25, 0.3) is 11.0 Å². The van der Waals surface area contributed by atoms with Crippen molar-refractivity contribution in [3.05, 3.63) is 84.2 Å². The van der Waals surface area contributed by atoms with Crippen LogP contribution in [0.15, 0.2) is 73.1 Å². The molecule has 0 aliphatic carbocycles. The van der Waals surface area contributed by atoms with Crippen molar-refractivity contribution in [1.82, 2.24) is 25.3 Å². The van der Waals surface area contributed by atoms with Gasteiger partial charge in [0.15, 0.2) is 0 Å². The van der Waals surface area contributed by atoms with E-state index in [4.69, 9.17) is 4.74 Å². The van der Waals surface area contributed by atoms with Gasteiger partial charge in [0.2, 0.25) is 11.8 Å². The average Bonchev–Trinajstić information content (AvgIpc) is 3.34. The third kappa shape index (κ3) is 5.69. The normalized spacial score (nSPS) is 12.1. The predicted molar refractivity (Wildman–Crippen MR) is 142 cm³/mol. The van der Waals surface area contributed by atoms with Gasteiger partial charge in [0.05, 0.1) is 18.2 Å². The van der Waals surface area contributed by atoms with Gasteiger partial charge in [0, 0.05) is 29.2 Å². The van der Waals surface area contributed by atoms with Crippen molar-refractivity contribution in [2.75, 3.05) is 12.0 Å². The number of amides is 2. The van der Waals surface area contributed by atoms with Gasteiger partial charge in [-0.25, -0.2) is 9.48 Å². The molecule has 4 rings (SSSR count). The standard InChI is InChI=1S/C28H30N6O4/c1-5-28(2,3)30-26(36)25(20-9-8-16-29-17-20)34(21-14-12-19(13-15-21)27(37)38-4)24(35)18-33-23-11-7-6-10-22(23)31-32-33/h6-17,25H,5,18H2,1-4H3,(H,30,36). The monoisotopic (exact) mass is 514 g/mol. The molecule has 2 aromatic heterocycles. The van der Waals surface area contributed by atoms with Gasteiger partial charge >= 0.3 is 5.97 Å². The number of hydrogen-bond donors (Lipinski definition) is 1. The summed E-state index contributed by atoms with van der Waals surface area (Å²) in [5, 5.41) is 11.4. The molecular weight excluding hydrogens is 484 g/mol. The number of ether oxygens (including phenoxy) is 1. The average molecular weight is 515 g/mol. The number of methoxy groups -OCH3 is 1. The van der Waals surface area contributed by atoms with E-state index >= 15 is 0 Å². The Labute approximate surface area is 220 Å². The second kappa shape index (κ2) is 11.2. The second-order valence-electron chi connectivity index (χ2n) is 9.45. The summed E-state index contributed by atoms with van der Waals surface area (Å²) >= 11 is 0. The highest BCUT2D eigenvalue weighted by Crippen LogP contribution is 2.30. The zero-order valence-corrected chi connectivity index (χ0v) is 21.8. The van der Waals surface area contributed by atoms with E-state index in [-0.39, 0.29) is 12.5 Å². The van der Waals surface area contributed by atoms with Crippen molar-refractivity contribution >= 4 is 34.5 Å². The van der Waals surface area contributed by atoms with E-state index in [1.807, 2.05) is 45.0 Å². The van der Waals surface area contributed by atoms with E-state index in [9.17, 15) is 14.4 Å². The van der Waals surface area contributed by atoms with E-state index in [1.54, 1.807) is 48.8 Å². The van der Waals surface area contributed by atoms with Gasteiger partial charge in [0.25, 0.3) is 0 Å². The number of esters is 1. The predicted octanol–water partition coefficient (Wildman–Crippen LogP) is 3.69. The number of anilines is 1. The highest BCUT2D eigenvalue weighted by atomic mass is 16.5. The molecule has 4 aromatic rings. The molecule has 10 nitrogen and oxygen atoms in total. The number of nitrogens with one attached hydrogen (secondary N) is 1. The van der Waals surface area contributed by atoms with Crippen LogP contribution in [0, 0.1) is 0 Å². The summed E-state index contributed by atoms with van der Waals surface area (Å²) in [6.07, 6.45) is 3.86. The summed E-state index contributed by atoms with van der Waals surface area (Å²) in [6, 6.07) is 16.1. The molecule has 0 radical (unpaired) electrons. The number of rotatable bonds is 9. The fourth-order valence-electron chi connectivity index (χ4n) is 4.00. The first-order chi connectivity index (χ1) is 18.2. The van der Waals surface area contributed by atoms with Crippen LogP contribution in [0.3, 0.4) is 0 Å². The topological polar surface area (TPSA) is 119 Å². The molecule has 2 aromatic carbocycles. The lowest BCUT2D eigenvalue weighted by molar-refractivity contribution is -0.128. The maximum Gasteiger partial charge on any atom is 0.337 e. The van der Waals surface area contributed by atoms with Gasteiger partial charge in [-0.2, -0.15) is 0 Å². The summed E-state index contributed by atoms with van der Waals surface area (Å²) in [7, 11) is 1.30. The highest BCUT2D eigenvalue weighted by molar-refractivity contribution is 6.02. The van der Waals surface area contributed by atoms with E-state index < -0.39 is 23.5 Å². The van der Waals surface area contributed by atoms with E-state index in [1.165, 1.54) is 16.7 Å². The molecule has 0 aliphatic rings. The van der Waals surface area contributed by atoms with Crippen molar-refractivity contribution in [2.45, 2.75) is 45.3 Å². The van der Waals surface area contributed by atoms with Gasteiger partial charge < -0.3 is 10.1 Å². The van der Waals surface area contributed by atoms with Crippen LogP contribution in [0.1, 0.15) is 49.2 Å². The number of benzene rings is 2. The van der Waals surface area contributed by atoms with Gasteiger partial charge in [-0.15, -0.1) is 5.10 Å². The SMILES string of the molecule is CCC(C)(C)NC(=O)C(c1cccnc1)N(C(=O)Cn1nnc2ccccc21)c1ccc(C(=O)OC)cc1. The summed E-state index contributed by atoms with van der Waals surface area (Å²) in [5.41, 5.74) is 2.11. The Hall–Kier alpha value is -4.60. The minimum absolute atomic E-state index is 0.166. The summed E-state index contributed by atoms with van der Waals surface area (Å²) in [6.45, 7) is 5.65. The van der Waals surface area contributed by atoms with Crippen molar-refractivity contribution in [3.8, 4) is 0 Å². The minimum Gasteiger partial charge on any atom is -0.465 e. The zero-order chi connectivity index (χ0) is 27.3. The van der Waals surface area contributed by atoms with Crippen LogP contribution in [-0.4, -0.2) is 50.4 Å². The molecular formula is C28H30N6O4. The third-order valence-corrected chi connectivity index (χ3v) is 6.39. The van der Waals surface area contributed by atoms with E-state index in [2.05, 4.69) is 20.6 Å². The van der Waals surface area contributed by atoms with E-state index in [0.717, 1.165) is 0 Å². The fourth-order valence-corrected chi connectivity index (χ4v) is 4.00. The number of fused-ring (bicyclic) bond motifs is 1. The lowest BCUT2D eigenvalue weighted by Gasteiger charge is -2.34. The van der Waals surface area contributed by atoms with Crippen molar-refractivity contribution in [1.29, 1.82) is 0 Å². The maximum atomic E-state index is 14.0. The number of aromatic nitrogens is 4. The van der Waals surface area contributed by atoms with Crippen LogP contribution in [-0.2, 0) is 20.9 Å². The number of nitrogens with zero attached hydrogens (tertiary/aromatic N) is 5. The van der Waals surface area contributed by atoms with Crippen LogP contribution in [0.5, 0.6) is 0 Å². The Bertz CT molecular complexity index is 1430. The Kier molecular flexibility index (Phi) is 7.80. The Balaban J connectivity index is 1.81. The molecule has 196 valence electrons. The fraction of sp³-hybridized carbons (Fsp3) is 0.286. The molecule has 1 N–H and O–H groups in total. The molecule has 0 bridgehead atoms. The molecule has 1 unspecified atom stereocenters. The second-order valence-corrected chi connectivity index (χ2v) is 9.45. The van der Waals surface area contributed by atoms with Crippen LogP contribution >= 0.6 is 0 Å². The molecule has 0 fully saturated rings. The third-order valence-electron chi connectivity index (χ3n) is 6.39. The number of pyridine rings is 1. The number of carbonyl (C=O) groups is 3. The molecule has 0 saturated carbocycles.